The fraction of sp³-hybridized carbons (Fsp3) is 0.476. The number of nitrogens with zero attached hydrogens (tertiary/aromatic N) is 5. The number of hydrogen-bond donors (Lipinski definition) is 5. The number of amides is 2. The molecule has 0 aliphatic carbocycles. The second-order valence-corrected chi connectivity index (χ2v) is 8.86. The van der Waals surface area contributed by atoms with E-state index in [0.717, 1.165) is 18.4 Å². The Bertz CT molecular complexity index is 1040. The molecule has 0 atom stereocenters. The number of anilines is 2. The molecule has 1 saturated heterocycles. The molecule has 3 rings (SSSR count). The van der Waals surface area contributed by atoms with E-state index in [1.165, 1.54) is 5.01 Å². The van der Waals surface area contributed by atoms with Crippen LogP contribution in [0.25, 0.3) is 0 Å². The summed E-state index contributed by atoms with van der Waals surface area (Å²) >= 11 is 5.86. The van der Waals surface area contributed by atoms with Crippen LogP contribution in [0.1, 0.15) is 43.1 Å². The smallest absolute Gasteiger partial charge is 0.280 e. The molecule has 1 spiro atoms. The Balaban J connectivity index is 1.59. The Labute approximate surface area is 203 Å². The molecule has 12 nitrogen and oxygen atoms in total. The summed E-state index contributed by atoms with van der Waals surface area (Å²) in [5, 5.41) is 7.15. The normalized spacial score (nSPS) is 17.2. The second-order valence-electron chi connectivity index (χ2n) is 8.50. The molecule has 34 heavy (non-hydrogen) atoms. The number of hydrogen-bond acceptors (Lipinski definition) is 10. The van der Waals surface area contributed by atoms with E-state index in [2.05, 4.69) is 39.1 Å². The third-order valence-corrected chi connectivity index (χ3v) is 6.07. The van der Waals surface area contributed by atoms with Gasteiger partial charge >= 0.3 is 0 Å². The van der Waals surface area contributed by atoms with Crippen LogP contribution in [0.5, 0.6) is 0 Å². The van der Waals surface area contributed by atoms with Crippen molar-refractivity contribution < 1.29 is 9.59 Å². The van der Waals surface area contributed by atoms with Crippen LogP contribution in [0.15, 0.2) is 28.9 Å². The van der Waals surface area contributed by atoms with Gasteiger partial charge in [-0.25, -0.2) is 15.8 Å². The first-order chi connectivity index (χ1) is 16.0. The summed E-state index contributed by atoms with van der Waals surface area (Å²) in [5.74, 6) is 5.29. The number of carbonyl (C=O) groups is 2. The number of rotatable bonds is 6. The minimum absolute atomic E-state index is 0.0548. The number of nitrogen functional groups attached to an aromatic ring is 2. The minimum atomic E-state index is -0.601. The lowest BCUT2D eigenvalue weighted by Crippen LogP contribution is -2.57. The first kappa shape index (κ1) is 25.2. The number of allylic oxidation sites excluding steroid dienone is 2. The van der Waals surface area contributed by atoms with Gasteiger partial charge in [0.25, 0.3) is 11.8 Å². The molecule has 8 N–H and O–H groups in total. The van der Waals surface area contributed by atoms with E-state index in [9.17, 15) is 9.59 Å². The van der Waals surface area contributed by atoms with Crippen molar-refractivity contribution in [3.8, 4) is 0 Å². The average Bonchev–Trinajstić information content (AvgIpc) is 3.16. The zero-order valence-electron chi connectivity index (χ0n) is 19.4. The van der Waals surface area contributed by atoms with E-state index in [4.69, 9.17) is 28.9 Å². The molecule has 0 unspecified atom stereocenters. The molecule has 13 heteroatoms. The van der Waals surface area contributed by atoms with Crippen LogP contribution in [0.4, 0.5) is 11.6 Å². The SMILES string of the molecule is C=C(/C=C(/C(=O)N1CCC2(CC1)CN=C(NC(=O)c1nc(Cl)c(N)nc1N)N2)N(C)N)CCC. The van der Waals surface area contributed by atoms with Gasteiger partial charge in [-0.3, -0.25) is 19.9 Å². The Morgan fingerprint density at radius 2 is 1.97 bits per heavy atom. The van der Waals surface area contributed by atoms with Gasteiger partial charge in [0, 0.05) is 20.1 Å². The van der Waals surface area contributed by atoms with Gasteiger partial charge in [0.05, 0.1) is 12.1 Å². The van der Waals surface area contributed by atoms with E-state index in [1.807, 2.05) is 0 Å². The first-order valence-corrected chi connectivity index (χ1v) is 11.3. The summed E-state index contributed by atoms with van der Waals surface area (Å²) in [6.45, 7) is 7.54. The van der Waals surface area contributed by atoms with Crippen LogP contribution in [-0.4, -0.2) is 69.9 Å². The molecule has 2 aliphatic heterocycles. The van der Waals surface area contributed by atoms with Crippen LogP contribution in [0, 0.1) is 0 Å². The van der Waals surface area contributed by atoms with E-state index < -0.39 is 5.91 Å². The molecule has 0 radical (unpaired) electrons. The average molecular weight is 491 g/mol. The lowest BCUT2D eigenvalue weighted by Gasteiger charge is -2.39. The molecule has 2 aliphatic rings. The van der Waals surface area contributed by atoms with Gasteiger partial charge in [-0.2, -0.15) is 0 Å². The standard InChI is InChI=1S/C21H31ClN10O2/c1-4-5-12(2)10-13(31(3)25)19(34)32-8-6-21(7-9-32)11-26-20(30-21)29-18(33)14-16(23)28-17(24)15(22)27-14/h10H,2,4-9,11,25H2,1,3H3,(H4,23,24,28)(H2,26,29,30,33)/b13-10-. The molecule has 1 aromatic heterocycles. The monoisotopic (exact) mass is 490 g/mol. The molecular formula is C21H31ClN10O2. The van der Waals surface area contributed by atoms with Gasteiger partial charge in [0.1, 0.15) is 5.70 Å². The van der Waals surface area contributed by atoms with Gasteiger partial charge < -0.3 is 26.7 Å². The Morgan fingerprint density at radius 1 is 1.29 bits per heavy atom. The van der Waals surface area contributed by atoms with Gasteiger partial charge in [0.2, 0.25) is 0 Å². The van der Waals surface area contributed by atoms with Crippen LogP contribution in [-0.2, 0) is 4.79 Å². The Hall–Kier alpha value is -3.38. The maximum Gasteiger partial charge on any atom is 0.280 e. The number of aliphatic imine (C=N–C) groups is 1. The third kappa shape index (κ3) is 5.57. The number of guanidine groups is 1. The molecule has 3 heterocycles. The fourth-order valence-corrected chi connectivity index (χ4v) is 4.02. The first-order valence-electron chi connectivity index (χ1n) is 10.9. The summed E-state index contributed by atoms with van der Waals surface area (Å²) in [6.07, 6.45) is 4.78. The fourth-order valence-electron chi connectivity index (χ4n) is 3.89. The highest BCUT2D eigenvalue weighted by atomic mass is 35.5. The molecule has 0 aromatic carbocycles. The molecule has 184 valence electrons. The van der Waals surface area contributed by atoms with E-state index in [1.54, 1.807) is 18.0 Å². The van der Waals surface area contributed by atoms with Gasteiger partial charge in [-0.05, 0) is 25.3 Å². The number of carbonyl (C=O) groups excluding carboxylic acids is 2. The summed E-state index contributed by atoms with van der Waals surface area (Å²) < 4.78 is 0. The highest BCUT2D eigenvalue weighted by Crippen LogP contribution is 2.27. The summed E-state index contributed by atoms with van der Waals surface area (Å²) in [5.41, 5.74) is 12.1. The molecule has 1 aromatic rings. The van der Waals surface area contributed by atoms with Gasteiger partial charge in [-0.15, -0.1) is 0 Å². The number of likely N-dealkylation sites (N-methyl/N-ethyl adjacent to an activating group) is 1. The van der Waals surface area contributed by atoms with Crippen molar-refractivity contribution >= 4 is 41.0 Å². The van der Waals surface area contributed by atoms with Gasteiger partial charge in [-0.1, -0.05) is 37.1 Å². The van der Waals surface area contributed by atoms with E-state index >= 15 is 0 Å². The van der Waals surface area contributed by atoms with Crippen molar-refractivity contribution in [2.75, 3.05) is 38.1 Å². The van der Waals surface area contributed by atoms with E-state index in [0.29, 0.717) is 44.1 Å². The third-order valence-electron chi connectivity index (χ3n) is 5.79. The molecule has 1 fully saturated rings. The Morgan fingerprint density at radius 3 is 2.59 bits per heavy atom. The lowest BCUT2D eigenvalue weighted by molar-refractivity contribution is -0.130. The number of piperidine rings is 1. The summed E-state index contributed by atoms with van der Waals surface area (Å²) in [7, 11) is 1.64. The number of nitrogens with one attached hydrogen (secondary N) is 2. The number of nitrogens with two attached hydrogens (primary N) is 3. The minimum Gasteiger partial charge on any atom is -0.382 e. The van der Waals surface area contributed by atoms with Crippen molar-refractivity contribution in [3.05, 3.63) is 34.8 Å². The predicted molar refractivity (Wildman–Crippen MR) is 131 cm³/mol. The summed E-state index contributed by atoms with van der Waals surface area (Å²) in [4.78, 5) is 39.5. The summed E-state index contributed by atoms with van der Waals surface area (Å²) in [6, 6.07) is 0. The number of aromatic nitrogens is 2. The second kappa shape index (κ2) is 10.3. The number of likely N-dealkylation sites (tertiary alicyclic amines) is 1. The number of halogens is 1. The molecule has 0 bridgehead atoms. The van der Waals surface area contributed by atoms with Crippen molar-refractivity contribution in [2.45, 2.75) is 38.1 Å². The van der Waals surface area contributed by atoms with Crippen molar-refractivity contribution in [3.63, 3.8) is 0 Å². The number of hydrazine groups is 1. The Kier molecular flexibility index (Phi) is 7.62. The van der Waals surface area contributed by atoms with Crippen LogP contribution in [0.2, 0.25) is 5.15 Å². The highest BCUT2D eigenvalue weighted by molar-refractivity contribution is 6.31. The zero-order chi connectivity index (χ0) is 25.0. The van der Waals surface area contributed by atoms with E-state index in [-0.39, 0.29) is 33.9 Å². The molecular weight excluding hydrogens is 460 g/mol. The topological polar surface area (TPSA) is 181 Å². The van der Waals surface area contributed by atoms with Crippen molar-refractivity contribution in [1.82, 2.24) is 30.5 Å². The quantitative estimate of drug-likeness (QED) is 0.163. The largest absolute Gasteiger partial charge is 0.382 e. The maximum absolute atomic E-state index is 13.1. The van der Waals surface area contributed by atoms with Crippen LogP contribution < -0.4 is 27.9 Å². The maximum atomic E-state index is 13.1. The molecule has 0 saturated carbocycles. The van der Waals surface area contributed by atoms with Gasteiger partial charge in [0.15, 0.2) is 28.4 Å². The van der Waals surface area contributed by atoms with Crippen LogP contribution >= 0.6 is 11.6 Å². The van der Waals surface area contributed by atoms with Crippen molar-refractivity contribution in [1.29, 1.82) is 0 Å². The van der Waals surface area contributed by atoms with Crippen LogP contribution in [0.3, 0.4) is 0 Å². The van der Waals surface area contributed by atoms with Crippen molar-refractivity contribution in [2.24, 2.45) is 10.8 Å². The highest BCUT2D eigenvalue weighted by Gasteiger charge is 2.40. The lowest BCUT2D eigenvalue weighted by atomic mass is 9.88. The predicted octanol–water partition coefficient (Wildman–Crippen LogP) is 0.390. The zero-order valence-corrected chi connectivity index (χ0v) is 20.2. The molecule has 2 amide bonds.